The highest BCUT2D eigenvalue weighted by atomic mass is 16.1. The molecular formula is C16H21N5O. The van der Waals surface area contributed by atoms with Gasteiger partial charge in [-0.3, -0.25) is 4.79 Å². The first-order valence-electron chi connectivity index (χ1n) is 7.73. The number of hydrogen-bond donors (Lipinski definition) is 1. The van der Waals surface area contributed by atoms with E-state index in [2.05, 4.69) is 24.8 Å². The minimum atomic E-state index is -0.0814. The molecule has 0 aromatic carbocycles. The Bertz CT molecular complexity index is 707. The number of carbonyl (C=O) groups excluding carboxylic acids is 1. The van der Waals surface area contributed by atoms with E-state index in [0.717, 1.165) is 43.0 Å². The van der Waals surface area contributed by atoms with E-state index < -0.39 is 0 Å². The van der Waals surface area contributed by atoms with E-state index in [0.29, 0.717) is 11.4 Å². The van der Waals surface area contributed by atoms with Crippen molar-refractivity contribution in [2.24, 2.45) is 0 Å². The van der Waals surface area contributed by atoms with E-state index in [-0.39, 0.29) is 11.9 Å². The molecule has 1 aliphatic rings. The van der Waals surface area contributed by atoms with Crippen molar-refractivity contribution in [3.05, 3.63) is 41.0 Å². The maximum Gasteiger partial charge on any atom is 0.254 e. The van der Waals surface area contributed by atoms with Crippen LogP contribution in [-0.4, -0.2) is 31.5 Å². The Morgan fingerprint density at radius 3 is 3.00 bits per heavy atom. The molecular weight excluding hydrogens is 278 g/mol. The van der Waals surface area contributed by atoms with Crippen LogP contribution in [0.3, 0.4) is 0 Å². The lowest BCUT2D eigenvalue weighted by Crippen LogP contribution is -2.41. The van der Waals surface area contributed by atoms with Crippen LogP contribution in [0, 0.1) is 13.8 Å². The first-order chi connectivity index (χ1) is 10.6. The van der Waals surface area contributed by atoms with Gasteiger partial charge in [0.15, 0.2) is 0 Å². The summed E-state index contributed by atoms with van der Waals surface area (Å²) in [5, 5.41) is 3.11. The molecule has 0 aliphatic carbocycles. The van der Waals surface area contributed by atoms with Crippen LogP contribution < -0.4 is 5.32 Å². The zero-order valence-corrected chi connectivity index (χ0v) is 13.3. The Morgan fingerprint density at radius 1 is 1.41 bits per heavy atom. The molecule has 3 rings (SSSR count). The highest BCUT2D eigenvalue weighted by Crippen LogP contribution is 2.16. The van der Waals surface area contributed by atoms with Gasteiger partial charge < -0.3 is 9.88 Å². The Kier molecular flexibility index (Phi) is 3.92. The SMILES string of the molecule is CCc1nc(C)ncc1C(=O)N[C@@H]1CCc2nc(C)cn2C1. The van der Waals surface area contributed by atoms with Crippen molar-refractivity contribution in [1.82, 2.24) is 24.8 Å². The zero-order valence-electron chi connectivity index (χ0n) is 13.3. The van der Waals surface area contributed by atoms with Gasteiger partial charge >= 0.3 is 0 Å². The smallest absolute Gasteiger partial charge is 0.254 e. The third kappa shape index (κ3) is 2.86. The van der Waals surface area contributed by atoms with Gasteiger partial charge in [0, 0.05) is 31.4 Å². The molecule has 6 heteroatoms. The lowest BCUT2D eigenvalue weighted by Gasteiger charge is -2.25. The summed E-state index contributed by atoms with van der Waals surface area (Å²) in [7, 11) is 0. The molecule has 0 radical (unpaired) electrons. The fourth-order valence-electron chi connectivity index (χ4n) is 2.94. The summed E-state index contributed by atoms with van der Waals surface area (Å²) in [5.74, 6) is 1.72. The van der Waals surface area contributed by atoms with Gasteiger partial charge in [-0.25, -0.2) is 15.0 Å². The van der Waals surface area contributed by atoms with Crippen LogP contribution in [0.5, 0.6) is 0 Å². The van der Waals surface area contributed by atoms with E-state index in [4.69, 9.17) is 0 Å². The third-order valence-electron chi connectivity index (χ3n) is 4.02. The highest BCUT2D eigenvalue weighted by molar-refractivity contribution is 5.95. The topological polar surface area (TPSA) is 72.7 Å². The highest BCUT2D eigenvalue weighted by Gasteiger charge is 2.23. The van der Waals surface area contributed by atoms with Gasteiger partial charge in [-0.05, 0) is 26.7 Å². The summed E-state index contributed by atoms with van der Waals surface area (Å²) >= 11 is 0. The number of imidazole rings is 1. The normalized spacial score (nSPS) is 17.1. The standard InChI is InChI=1S/C16H21N5O/c1-4-14-13(7-17-11(3)19-14)16(22)20-12-5-6-15-18-10(2)8-21(15)9-12/h7-8,12H,4-6,9H2,1-3H3,(H,20,22)/t12-/m1/s1. The van der Waals surface area contributed by atoms with Crippen LogP contribution in [0.15, 0.2) is 12.4 Å². The Morgan fingerprint density at radius 2 is 2.23 bits per heavy atom. The molecule has 1 atom stereocenters. The molecule has 0 saturated heterocycles. The number of hydrogen-bond acceptors (Lipinski definition) is 4. The van der Waals surface area contributed by atoms with Crippen LogP contribution in [0.1, 0.15) is 46.7 Å². The van der Waals surface area contributed by atoms with Crippen molar-refractivity contribution in [2.45, 2.75) is 52.6 Å². The summed E-state index contributed by atoms with van der Waals surface area (Å²) in [5.41, 5.74) is 2.42. The third-order valence-corrected chi connectivity index (χ3v) is 4.02. The van der Waals surface area contributed by atoms with E-state index in [9.17, 15) is 4.79 Å². The van der Waals surface area contributed by atoms with Crippen LogP contribution in [0.4, 0.5) is 0 Å². The number of aromatic nitrogens is 4. The van der Waals surface area contributed by atoms with Crippen molar-refractivity contribution in [1.29, 1.82) is 0 Å². The van der Waals surface area contributed by atoms with E-state index in [1.807, 2.05) is 27.0 Å². The summed E-state index contributed by atoms with van der Waals surface area (Å²) in [6.07, 6.45) is 6.20. The second kappa shape index (κ2) is 5.87. The maximum atomic E-state index is 12.5. The quantitative estimate of drug-likeness (QED) is 0.934. The maximum absolute atomic E-state index is 12.5. The molecule has 0 unspecified atom stereocenters. The zero-order chi connectivity index (χ0) is 15.7. The average Bonchev–Trinajstić information content (AvgIpc) is 2.86. The molecule has 0 spiro atoms. The molecule has 0 saturated carbocycles. The fraction of sp³-hybridized carbons (Fsp3) is 0.500. The summed E-state index contributed by atoms with van der Waals surface area (Å²) < 4.78 is 2.14. The number of nitrogens with zero attached hydrogens (tertiary/aromatic N) is 4. The summed E-state index contributed by atoms with van der Waals surface area (Å²) in [6.45, 7) is 6.61. The predicted octanol–water partition coefficient (Wildman–Crippen LogP) is 1.60. The van der Waals surface area contributed by atoms with Gasteiger partial charge in [0.25, 0.3) is 5.91 Å². The van der Waals surface area contributed by atoms with E-state index in [1.54, 1.807) is 6.20 Å². The number of fused-ring (bicyclic) bond motifs is 1. The molecule has 0 fully saturated rings. The van der Waals surface area contributed by atoms with Crippen molar-refractivity contribution in [3.8, 4) is 0 Å². The molecule has 2 aromatic heterocycles. The van der Waals surface area contributed by atoms with Crippen molar-refractivity contribution in [2.75, 3.05) is 0 Å². The van der Waals surface area contributed by atoms with Gasteiger partial charge in [0.05, 0.1) is 17.0 Å². The molecule has 116 valence electrons. The Hall–Kier alpha value is -2.24. The molecule has 2 aromatic rings. The fourth-order valence-corrected chi connectivity index (χ4v) is 2.94. The lowest BCUT2D eigenvalue weighted by molar-refractivity contribution is 0.0925. The first-order valence-corrected chi connectivity index (χ1v) is 7.73. The molecule has 1 N–H and O–H groups in total. The van der Waals surface area contributed by atoms with Gasteiger partial charge in [0.1, 0.15) is 11.6 Å². The number of aryl methyl sites for hydroxylation is 4. The second-order valence-corrected chi connectivity index (χ2v) is 5.79. The number of rotatable bonds is 3. The van der Waals surface area contributed by atoms with Crippen LogP contribution in [0.2, 0.25) is 0 Å². The van der Waals surface area contributed by atoms with Gasteiger partial charge in [-0.2, -0.15) is 0 Å². The number of carbonyl (C=O) groups is 1. The monoisotopic (exact) mass is 299 g/mol. The Balaban J connectivity index is 1.73. The summed E-state index contributed by atoms with van der Waals surface area (Å²) in [6, 6.07) is 0.125. The molecule has 1 amide bonds. The number of amides is 1. The minimum Gasteiger partial charge on any atom is -0.347 e. The van der Waals surface area contributed by atoms with Gasteiger partial charge in [-0.1, -0.05) is 6.92 Å². The van der Waals surface area contributed by atoms with Crippen LogP contribution >= 0.6 is 0 Å². The lowest BCUT2D eigenvalue weighted by atomic mass is 10.1. The predicted molar refractivity (Wildman–Crippen MR) is 82.7 cm³/mol. The molecule has 22 heavy (non-hydrogen) atoms. The van der Waals surface area contributed by atoms with Crippen molar-refractivity contribution < 1.29 is 4.79 Å². The molecule has 3 heterocycles. The van der Waals surface area contributed by atoms with E-state index >= 15 is 0 Å². The minimum absolute atomic E-state index is 0.0814. The Labute approximate surface area is 130 Å². The molecule has 6 nitrogen and oxygen atoms in total. The summed E-state index contributed by atoms with van der Waals surface area (Å²) in [4.78, 5) is 25.5. The van der Waals surface area contributed by atoms with Crippen molar-refractivity contribution in [3.63, 3.8) is 0 Å². The van der Waals surface area contributed by atoms with Gasteiger partial charge in [0.2, 0.25) is 0 Å². The van der Waals surface area contributed by atoms with Crippen LogP contribution in [-0.2, 0) is 19.4 Å². The van der Waals surface area contributed by atoms with Crippen molar-refractivity contribution >= 4 is 5.91 Å². The molecule has 0 bridgehead atoms. The van der Waals surface area contributed by atoms with Crippen LogP contribution in [0.25, 0.3) is 0 Å². The molecule has 1 aliphatic heterocycles. The largest absolute Gasteiger partial charge is 0.347 e. The number of nitrogens with one attached hydrogen (secondary N) is 1. The van der Waals surface area contributed by atoms with E-state index in [1.165, 1.54) is 0 Å². The first kappa shape index (κ1) is 14.7. The second-order valence-electron chi connectivity index (χ2n) is 5.79. The van der Waals surface area contributed by atoms with Gasteiger partial charge in [-0.15, -0.1) is 0 Å². The average molecular weight is 299 g/mol.